The number of carbonyl (C=O) groups is 1. The Morgan fingerprint density at radius 3 is 2.48 bits per heavy atom. The molecule has 1 N–H and O–H groups in total. The lowest BCUT2D eigenvalue weighted by molar-refractivity contribution is 0.102. The number of amides is 1. The van der Waals surface area contributed by atoms with Crippen molar-refractivity contribution >= 4 is 21.6 Å². The van der Waals surface area contributed by atoms with Gasteiger partial charge >= 0.3 is 0 Å². The molecule has 1 amide bonds. The minimum Gasteiger partial charge on any atom is -0.492 e. The number of piperidine rings is 1. The molecule has 9 nitrogen and oxygen atoms in total. The Bertz CT molecular complexity index is 1230. The minimum atomic E-state index is -3.74. The van der Waals surface area contributed by atoms with Gasteiger partial charge < -0.3 is 14.6 Å². The molecular weight excluding hydrogens is 444 g/mol. The van der Waals surface area contributed by atoms with Gasteiger partial charge in [-0.05, 0) is 69.2 Å². The number of hydrogen-bond donors (Lipinski definition) is 1. The number of aromatic nitrogens is 2. The molecule has 33 heavy (non-hydrogen) atoms. The molecule has 0 unspecified atom stereocenters. The molecule has 1 aliphatic heterocycles. The number of anilines is 1. The van der Waals surface area contributed by atoms with E-state index in [0.29, 0.717) is 48.2 Å². The summed E-state index contributed by atoms with van der Waals surface area (Å²) in [6.07, 6.45) is 2.68. The van der Waals surface area contributed by atoms with Gasteiger partial charge in [-0.2, -0.15) is 9.29 Å². The smallest absolute Gasteiger partial charge is 0.257 e. The third-order valence-electron chi connectivity index (χ3n) is 5.36. The summed E-state index contributed by atoms with van der Waals surface area (Å²) in [6.45, 7) is 4.82. The van der Waals surface area contributed by atoms with Crippen LogP contribution >= 0.6 is 0 Å². The zero-order valence-electron chi connectivity index (χ0n) is 18.6. The highest BCUT2D eigenvalue weighted by atomic mass is 32.2. The SMILES string of the molecule is CCOc1ccc(NC(=O)c2ccc(-c3nc(C)no3)cc2)cc1S(=O)(=O)N1CCCCC1. The van der Waals surface area contributed by atoms with Crippen molar-refractivity contribution in [2.75, 3.05) is 25.0 Å². The molecule has 0 aliphatic carbocycles. The van der Waals surface area contributed by atoms with E-state index in [-0.39, 0.29) is 16.6 Å². The summed E-state index contributed by atoms with van der Waals surface area (Å²) in [5.41, 5.74) is 1.48. The molecule has 1 aromatic heterocycles. The van der Waals surface area contributed by atoms with Gasteiger partial charge in [-0.3, -0.25) is 4.79 Å². The van der Waals surface area contributed by atoms with Gasteiger partial charge in [0.05, 0.1) is 6.61 Å². The molecule has 1 aliphatic rings. The minimum absolute atomic E-state index is 0.0613. The summed E-state index contributed by atoms with van der Waals surface area (Å²) in [5.74, 6) is 0.810. The first-order chi connectivity index (χ1) is 15.9. The van der Waals surface area contributed by atoms with Crippen LogP contribution in [-0.2, 0) is 10.0 Å². The van der Waals surface area contributed by atoms with Gasteiger partial charge in [-0.1, -0.05) is 11.6 Å². The number of ether oxygens (including phenoxy) is 1. The summed E-state index contributed by atoms with van der Waals surface area (Å²) < 4.78 is 38.8. The number of carbonyl (C=O) groups excluding carboxylic acids is 1. The third-order valence-corrected chi connectivity index (χ3v) is 7.28. The Kier molecular flexibility index (Phi) is 6.75. The molecule has 10 heteroatoms. The van der Waals surface area contributed by atoms with Gasteiger partial charge in [0, 0.05) is 29.9 Å². The van der Waals surface area contributed by atoms with Gasteiger partial charge in [-0.15, -0.1) is 0 Å². The molecule has 0 radical (unpaired) electrons. The van der Waals surface area contributed by atoms with Gasteiger partial charge in [0.2, 0.25) is 10.0 Å². The van der Waals surface area contributed by atoms with Gasteiger partial charge in [0.15, 0.2) is 5.82 Å². The highest BCUT2D eigenvalue weighted by Gasteiger charge is 2.29. The van der Waals surface area contributed by atoms with Crippen molar-refractivity contribution < 1.29 is 22.5 Å². The second-order valence-electron chi connectivity index (χ2n) is 7.74. The highest BCUT2D eigenvalue weighted by molar-refractivity contribution is 7.89. The van der Waals surface area contributed by atoms with E-state index in [1.165, 1.54) is 10.4 Å². The second kappa shape index (κ2) is 9.72. The molecule has 1 saturated heterocycles. The molecule has 2 aromatic carbocycles. The zero-order chi connectivity index (χ0) is 23.4. The topological polar surface area (TPSA) is 115 Å². The van der Waals surface area contributed by atoms with Crippen LogP contribution in [0.2, 0.25) is 0 Å². The van der Waals surface area contributed by atoms with Crippen molar-refractivity contribution in [1.29, 1.82) is 0 Å². The van der Waals surface area contributed by atoms with Crippen molar-refractivity contribution in [2.45, 2.75) is 38.0 Å². The van der Waals surface area contributed by atoms with Crippen molar-refractivity contribution in [3.05, 3.63) is 53.9 Å². The first-order valence-corrected chi connectivity index (χ1v) is 12.3. The van der Waals surface area contributed by atoms with E-state index < -0.39 is 10.0 Å². The predicted molar refractivity (Wildman–Crippen MR) is 123 cm³/mol. The summed E-state index contributed by atoms with van der Waals surface area (Å²) in [5, 5.41) is 6.54. The molecule has 0 atom stereocenters. The maximum absolute atomic E-state index is 13.3. The van der Waals surface area contributed by atoms with E-state index in [0.717, 1.165) is 19.3 Å². The van der Waals surface area contributed by atoms with Crippen LogP contribution in [-0.4, -0.2) is 48.5 Å². The molecule has 4 rings (SSSR count). The highest BCUT2D eigenvalue weighted by Crippen LogP contribution is 2.31. The number of nitrogens with zero attached hydrogens (tertiary/aromatic N) is 3. The number of nitrogens with one attached hydrogen (secondary N) is 1. The Morgan fingerprint density at radius 1 is 1.12 bits per heavy atom. The fraction of sp³-hybridized carbons (Fsp3) is 0.348. The van der Waals surface area contributed by atoms with Crippen LogP contribution in [0.4, 0.5) is 5.69 Å². The number of sulfonamides is 1. The van der Waals surface area contributed by atoms with Crippen LogP contribution in [0.1, 0.15) is 42.4 Å². The average molecular weight is 471 g/mol. The lowest BCUT2D eigenvalue weighted by Gasteiger charge is -2.27. The van der Waals surface area contributed by atoms with Crippen molar-refractivity contribution in [3.63, 3.8) is 0 Å². The molecule has 174 valence electrons. The van der Waals surface area contributed by atoms with Gasteiger partial charge in [-0.25, -0.2) is 8.42 Å². The van der Waals surface area contributed by atoms with Crippen LogP contribution in [0, 0.1) is 6.92 Å². The van der Waals surface area contributed by atoms with E-state index in [4.69, 9.17) is 9.26 Å². The Morgan fingerprint density at radius 2 is 1.85 bits per heavy atom. The predicted octanol–water partition coefficient (Wildman–Crippen LogP) is 3.87. The maximum Gasteiger partial charge on any atom is 0.257 e. The largest absolute Gasteiger partial charge is 0.492 e. The summed E-state index contributed by atoms with van der Waals surface area (Å²) in [6, 6.07) is 11.4. The van der Waals surface area contributed by atoms with E-state index >= 15 is 0 Å². The van der Waals surface area contributed by atoms with Crippen molar-refractivity contribution in [1.82, 2.24) is 14.4 Å². The van der Waals surface area contributed by atoms with Crippen LogP contribution in [0.5, 0.6) is 5.75 Å². The molecule has 1 fully saturated rings. The molecular formula is C23H26N4O5S. The molecule has 3 aromatic rings. The lowest BCUT2D eigenvalue weighted by Crippen LogP contribution is -2.35. The zero-order valence-corrected chi connectivity index (χ0v) is 19.4. The van der Waals surface area contributed by atoms with Crippen LogP contribution < -0.4 is 10.1 Å². The second-order valence-corrected chi connectivity index (χ2v) is 9.64. The Balaban J connectivity index is 1.56. The fourth-order valence-corrected chi connectivity index (χ4v) is 5.36. The lowest BCUT2D eigenvalue weighted by atomic mass is 10.1. The Labute approximate surface area is 192 Å². The normalized spacial score (nSPS) is 14.7. The molecule has 0 spiro atoms. The summed E-state index contributed by atoms with van der Waals surface area (Å²) in [7, 11) is -3.74. The number of hydrogen-bond acceptors (Lipinski definition) is 7. The third kappa shape index (κ3) is 5.07. The van der Waals surface area contributed by atoms with Crippen molar-refractivity contribution in [3.8, 4) is 17.2 Å². The number of aryl methyl sites for hydroxylation is 1. The first-order valence-electron chi connectivity index (χ1n) is 10.9. The average Bonchev–Trinajstić information content (AvgIpc) is 3.27. The summed E-state index contributed by atoms with van der Waals surface area (Å²) >= 11 is 0. The van der Waals surface area contributed by atoms with Crippen LogP contribution in [0.15, 0.2) is 51.9 Å². The molecule has 0 saturated carbocycles. The first kappa shape index (κ1) is 22.9. The number of benzene rings is 2. The van der Waals surface area contributed by atoms with Crippen LogP contribution in [0.25, 0.3) is 11.5 Å². The maximum atomic E-state index is 13.3. The van der Waals surface area contributed by atoms with Gasteiger partial charge in [0.25, 0.3) is 11.8 Å². The summed E-state index contributed by atoms with van der Waals surface area (Å²) in [4.78, 5) is 17.0. The monoisotopic (exact) mass is 470 g/mol. The standard InChI is InChI=1S/C23H26N4O5S/c1-3-31-20-12-11-19(15-21(20)33(29,30)27-13-5-4-6-14-27)25-22(28)17-7-9-18(10-8-17)23-24-16(2)26-32-23/h7-12,15H,3-6,13-14H2,1-2H3,(H,25,28). The number of rotatable bonds is 7. The van der Waals surface area contributed by atoms with E-state index in [1.807, 2.05) is 0 Å². The molecule has 2 heterocycles. The van der Waals surface area contributed by atoms with Gasteiger partial charge in [0.1, 0.15) is 10.6 Å². The quantitative estimate of drug-likeness (QED) is 0.557. The fourth-order valence-electron chi connectivity index (χ4n) is 3.69. The van der Waals surface area contributed by atoms with E-state index in [9.17, 15) is 13.2 Å². The van der Waals surface area contributed by atoms with E-state index in [1.54, 1.807) is 50.2 Å². The Hall–Kier alpha value is -3.24. The molecule has 0 bridgehead atoms. The van der Waals surface area contributed by atoms with E-state index in [2.05, 4.69) is 15.5 Å². The van der Waals surface area contributed by atoms with Crippen molar-refractivity contribution in [2.24, 2.45) is 0 Å². The van der Waals surface area contributed by atoms with Crippen LogP contribution in [0.3, 0.4) is 0 Å².